The zero-order valence-corrected chi connectivity index (χ0v) is 23.1. The van der Waals surface area contributed by atoms with E-state index in [9.17, 15) is 41.4 Å². The summed E-state index contributed by atoms with van der Waals surface area (Å²) < 4.78 is 85.9. The highest BCUT2D eigenvalue weighted by Crippen LogP contribution is 2.43. The van der Waals surface area contributed by atoms with Gasteiger partial charge in [-0.1, -0.05) is 0 Å². The molecule has 1 unspecified atom stereocenters. The summed E-state index contributed by atoms with van der Waals surface area (Å²) in [6.07, 6.45) is -3.97. The van der Waals surface area contributed by atoms with Crippen LogP contribution < -0.4 is 16.0 Å². The van der Waals surface area contributed by atoms with Gasteiger partial charge in [0.2, 0.25) is 0 Å². The van der Waals surface area contributed by atoms with Crippen molar-refractivity contribution in [1.82, 2.24) is 9.97 Å². The average molecular weight is 610 g/mol. The van der Waals surface area contributed by atoms with Crippen molar-refractivity contribution >= 4 is 17.3 Å². The molecule has 3 heterocycles. The second-order valence-electron chi connectivity index (χ2n) is 11.4. The highest BCUT2D eigenvalue weighted by molar-refractivity contribution is 6.05. The third-order valence-corrected chi connectivity index (χ3v) is 7.74. The molecule has 2 aromatic heterocycles. The van der Waals surface area contributed by atoms with E-state index in [1.807, 2.05) is 0 Å². The van der Waals surface area contributed by atoms with E-state index in [4.69, 9.17) is 5.73 Å². The molecule has 2 aliphatic rings. The van der Waals surface area contributed by atoms with Gasteiger partial charge in [-0.3, -0.25) is 9.78 Å². The van der Waals surface area contributed by atoms with Crippen molar-refractivity contribution in [1.29, 1.82) is 0 Å². The molecule has 1 fully saturated rings. The molecule has 1 aliphatic carbocycles. The number of nitrogens with zero attached hydrogens (tertiary/aromatic N) is 3. The Morgan fingerprint density at radius 1 is 1.09 bits per heavy atom. The molecule has 5 N–H and O–H groups in total. The monoisotopic (exact) mass is 609 g/mol. The van der Waals surface area contributed by atoms with Gasteiger partial charge in [-0.05, 0) is 62.9 Å². The molecule has 0 spiro atoms. The predicted molar refractivity (Wildman–Crippen MR) is 145 cm³/mol. The summed E-state index contributed by atoms with van der Waals surface area (Å²) in [5, 5.41) is 23.0. The zero-order chi connectivity index (χ0) is 31.4. The maximum atomic E-state index is 15.0. The number of benzene rings is 1. The fourth-order valence-electron chi connectivity index (χ4n) is 5.60. The summed E-state index contributed by atoms with van der Waals surface area (Å²) >= 11 is 0. The smallest absolute Gasteiger partial charge is 0.387 e. The molecule has 230 valence electrons. The lowest BCUT2D eigenvalue weighted by atomic mass is 9.93. The van der Waals surface area contributed by atoms with Crippen LogP contribution in [0.25, 0.3) is 11.3 Å². The topological polar surface area (TPSA) is 125 Å². The van der Waals surface area contributed by atoms with Gasteiger partial charge in [0.05, 0.1) is 46.5 Å². The largest absolute Gasteiger partial charge is 0.393 e. The SMILES string of the molecule is CC(C)(O)c1cc(F)c(-c2nc(C(=O)Nc3cnc4c(c3N3C[C@@H](N)C[C@H](C(F)(F)F)C3)CCC4O)ccc2F)c(F)c1. The Labute approximate surface area is 242 Å². The standard InChI is InChI=1S/C29H29F6N5O3/c1-28(2,43)13-8-18(31)23(19(32)9-13)25-17(30)4-5-20(38-25)27(42)39-21-10-37-24-16(3-6-22(24)41)26(21)40-11-14(29(33,34)35)7-15(36)12-40/h4-5,8-10,14-15,22,41,43H,3,6-7,11-12,36H2,1-2H3,(H,39,42)/t14-,15-,22?/m0/s1. The second-order valence-corrected chi connectivity index (χ2v) is 11.4. The lowest BCUT2D eigenvalue weighted by molar-refractivity contribution is -0.177. The van der Waals surface area contributed by atoms with E-state index in [2.05, 4.69) is 15.3 Å². The summed E-state index contributed by atoms with van der Waals surface area (Å²) in [5.41, 5.74) is 3.17. The molecule has 1 saturated heterocycles. The number of alkyl halides is 3. The quantitative estimate of drug-likeness (QED) is 0.308. The van der Waals surface area contributed by atoms with Crippen LogP contribution in [0.1, 0.15) is 60.1 Å². The molecule has 0 radical (unpaired) electrons. The van der Waals surface area contributed by atoms with Gasteiger partial charge in [-0.2, -0.15) is 13.2 Å². The van der Waals surface area contributed by atoms with Crippen molar-refractivity contribution in [3.8, 4) is 11.3 Å². The number of rotatable bonds is 5. The van der Waals surface area contributed by atoms with Crippen molar-refractivity contribution in [2.75, 3.05) is 23.3 Å². The minimum Gasteiger partial charge on any atom is -0.387 e. The molecule has 0 bridgehead atoms. The molecule has 3 aromatic rings. The number of amides is 1. The van der Waals surface area contributed by atoms with Gasteiger partial charge in [0.15, 0.2) is 0 Å². The number of carbonyl (C=O) groups excluding carboxylic acids is 1. The molecule has 0 saturated carbocycles. The minimum atomic E-state index is -4.51. The highest BCUT2D eigenvalue weighted by atomic mass is 19.4. The van der Waals surface area contributed by atoms with Gasteiger partial charge < -0.3 is 26.2 Å². The van der Waals surface area contributed by atoms with Gasteiger partial charge in [-0.15, -0.1) is 0 Å². The van der Waals surface area contributed by atoms with Gasteiger partial charge in [0, 0.05) is 24.7 Å². The maximum absolute atomic E-state index is 15.0. The third-order valence-electron chi connectivity index (χ3n) is 7.74. The molecule has 14 heteroatoms. The first-order chi connectivity index (χ1) is 20.0. The van der Waals surface area contributed by atoms with Crippen LogP contribution in [0.5, 0.6) is 0 Å². The van der Waals surface area contributed by atoms with Crippen LogP contribution in [0.15, 0.2) is 30.5 Å². The number of halogens is 6. The summed E-state index contributed by atoms with van der Waals surface area (Å²) in [5.74, 6) is -6.25. The summed E-state index contributed by atoms with van der Waals surface area (Å²) in [7, 11) is 0. The van der Waals surface area contributed by atoms with Gasteiger partial charge in [0.25, 0.3) is 5.91 Å². The number of anilines is 2. The van der Waals surface area contributed by atoms with Crippen LogP contribution in [0.3, 0.4) is 0 Å². The Balaban J connectivity index is 1.52. The predicted octanol–water partition coefficient (Wildman–Crippen LogP) is 4.74. The van der Waals surface area contributed by atoms with Crippen molar-refractivity contribution in [3.63, 3.8) is 0 Å². The van der Waals surface area contributed by atoms with E-state index in [0.717, 1.165) is 24.3 Å². The number of piperidine rings is 1. The first-order valence-corrected chi connectivity index (χ1v) is 13.5. The number of aliphatic hydroxyl groups excluding tert-OH is 1. The van der Waals surface area contributed by atoms with Crippen molar-refractivity contribution < 1.29 is 41.4 Å². The number of nitrogens with one attached hydrogen (secondary N) is 1. The van der Waals surface area contributed by atoms with Crippen LogP contribution in [0, 0.1) is 23.4 Å². The Morgan fingerprint density at radius 3 is 2.40 bits per heavy atom. The van der Waals surface area contributed by atoms with Gasteiger partial charge in [0.1, 0.15) is 28.8 Å². The van der Waals surface area contributed by atoms with Crippen LogP contribution in [-0.4, -0.2) is 51.4 Å². The molecule has 8 nitrogen and oxygen atoms in total. The van der Waals surface area contributed by atoms with E-state index in [0.29, 0.717) is 5.56 Å². The third kappa shape index (κ3) is 6.04. The van der Waals surface area contributed by atoms with Crippen molar-refractivity contribution in [2.24, 2.45) is 11.7 Å². The van der Waals surface area contributed by atoms with Gasteiger partial charge in [-0.25, -0.2) is 18.2 Å². The average Bonchev–Trinajstić information content (AvgIpc) is 3.28. The molecule has 1 aliphatic heterocycles. The van der Waals surface area contributed by atoms with Crippen LogP contribution >= 0.6 is 0 Å². The van der Waals surface area contributed by atoms with E-state index in [1.165, 1.54) is 24.9 Å². The molecule has 5 rings (SSSR count). The van der Waals surface area contributed by atoms with Crippen molar-refractivity contribution in [2.45, 2.75) is 57.0 Å². The first kappa shape index (κ1) is 30.7. The Kier molecular flexibility index (Phi) is 7.90. The second kappa shape index (κ2) is 11.1. The fraction of sp³-hybridized carbons (Fsp3) is 0.414. The van der Waals surface area contributed by atoms with Crippen molar-refractivity contribution in [3.05, 3.63) is 70.4 Å². The lowest BCUT2D eigenvalue weighted by Crippen LogP contribution is -2.51. The molecular formula is C29H29F6N5O3. The number of fused-ring (bicyclic) bond motifs is 1. The van der Waals surface area contributed by atoms with E-state index >= 15 is 0 Å². The van der Waals surface area contributed by atoms with E-state index in [-0.39, 0.29) is 48.4 Å². The Bertz CT molecular complexity index is 1550. The number of aliphatic hydroxyl groups is 2. The first-order valence-electron chi connectivity index (χ1n) is 13.5. The Hall–Kier alpha value is -3.75. The molecule has 1 amide bonds. The normalized spacial score (nSPS) is 20.7. The number of pyridine rings is 2. The van der Waals surface area contributed by atoms with Crippen LogP contribution in [0.4, 0.5) is 37.7 Å². The Morgan fingerprint density at radius 2 is 1.77 bits per heavy atom. The maximum Gasteiger partial charge on any atom is 0.393 e. The molecule has 43 heavy (non-hydrogen) atoms. The van der Waals surface area contributed by atoms with E-state index in [1.54, 1.807) is 0 Å². The zero-order valence-electron chi connectivity index (χ0n) is 23.1. The van der Waals surface area contributed by atoms with Crippen LogP contribution in [-0.2, 0) is 12.0 Å². The number of carbonyl (C=O) groups is 1. The highest BCUT2D eigenvalue weighted by Gasteiger charge is 2.45. The number of hydrogen-bond acceptors (Lipinski definition) is 7. The van der Waals surface area contributed by atoms with Crippen LogP contribution in [0.2, 0.25) is 0 Å². The molecule has 1 aromatic carbocycles. The fourth-order valence-corrected chi connectivity index (χ4v) is 5.60. The number of hydrogen-bond donors (Lipinski definition) is 4. The minimum absolute atomic E-state index is 0.00689. The summed E-state index contributed by atoms with van der Waals surface area (Å²) in [4.78, 5) is 22.8. The molecule has 3 atom stereocenters. The van der Waals surface area contributed by atoms with Gasteiger partial charge >= 0.3 is 6.18 Å². The summed E-state index contributed by atoms with van der Waals surface area (Å²) in [6.45, 7) is 2.23. The summed E-state index contributed by atoms with van der Waals surface area (Å²) in [6, 6.07) is 2.63. The number of nitrogens with two attached hydrogens (primary N) is 1. The van der Waals surface area contributed by atoms with E-state index < -0.39 is 76.7 Å². The molecular weight excluding hydrogens is 580 g/mol. The number of aromatic nitrogens is 2. The lowest BCUT2D eigenvalue weighted by Gasteiger charge is -2.40.